The maximum absolute atomic E-state index is 6.21. The molecule has 0 aliphatic heterocycles. The summed E-state index contributed by atoms with van der Waals surface area (Å²) in [6.07, 6.45) is 3.62. The maximum atomic E-state index is 6.21. The van der Waals surface area contributed by atoms with Gasteiger partial charge in [-0.2, -0.15) is 0 Å². The molecule has 1 saturated carbocycles. The van der Waals surface area contributed by atoms with Crippen LogP contribution < -0.4 is 5.32 Å². The third-order valence-corrected chi connectivity index (χ3v) is 4.18. The zero-order valence-electron chi connectivity index (χ0n) is 10.7. The van der Waals surface area contributed by atoms with Crippen LogP contribution in [0.15, 0.2) is 18.2 Å². The molecule has 18 heavy (non-hydrogen) atoms. The third-order valence-electron chi connectivity index (χ3n) is 3.57. The minimum Gasteiger partial charge on any atom is -0.380 e. The Labute approximate surface area is 119 Å². The van der Waals surface area contributed by atoms with Crippen LogP contribution in [0.4, 0.5) is 0 Å². The Morgan fingerprint density at radius 1 is 1.39 bits per heavy atom. The molecule has 0 bridgehead atoms. The zero-order chi connectivity index (χ0) is 13.1. The lowest BCUT2D eigenvalue weighted by atomic mass is 9.98. The summed E-state index contributed by atoms with van der Waals surface area (Å²) in [5.41, 5.74) is 1.08. The molecule has 1 aromatic rings. The van der Waals surface area contributed by atoms with Crippen molar-refractivity contribution in [1.82, 2.24) is 5.32 Å². The number of nitrogens with one attached hydrogen (secondary N) is 1. The molecule has 0 saturated heterocycles. The first-order chi connectivity index (χ1) is 8.65. The monoisotopic (exact) mass is 287 g/mol. The summed E-state index contributed by atoms with van der Waals surface area (Å²) in [7, 11) is 3.75. The third kappa shape index (κ3) is 3.39. The van der Waals surface area contributed by atoms with Crippen LogP contribution in [-0.4, -0.2) is 26.3 Å². The van der Waals surface area contributed by atoms with Crippen molar-refractivity contribution in [2.45, 2.75) is 31.4 Å². The quantitative estimate of drug-likeness (QED) is 0.864. The van der Waals surface area contributed by atoms with E-state index in [-0.39, 0.29) is 12.1 Å². The van der Waals surface area contributed by atoms with E-state index in [2.05, 4.69) is 5.32 Å². The number of likely N-dealkylation sites (N-methyl/N-ethyl adjacent to an activating group) is 1. The molecule has 0 spiro atoms. The summed E-state index contributed by atoms with van der Waals surface area (Å²) in [5, 5.41) is 4.84. The molecule has 100 valence electrons. The maximum Gasteiger partial charge on any atom is 0.0755 e. The Bertz CT molecular complexity index is 407. The minimum absolute atomic E-state index is 0.255. The highest BCUT2D eigenvalue weighted by molar-refractivity contribution is 6.33. The van der Waals surface area contributed by atoms with Crippen molar-refractivity contribution in [3.63, 3.8) is 0 Å². The van der Waals surface area contributed by atoms with Crippen molar-refractivity contribution in [2.24, 2.45) is 5.92 Å². The fourth-order valence-corrected chi connectivity index (χ4v) is 2.82. The van der Waals surface area contributed by atoms with Crippen molar-refractivity contribution >= 4 is 23.2 Å². The molecule has 2 rings (SSSR count). The Balaban J connectivity index is 2.11. The van der Waals surface area contributed by atoms with Gasteiger partial charge in [0.05, 0.1) is 6.10 Å². The second-order valence-electron chi connectivity index (χ2n) is 4.87. The van der Waals surface area contributed by atoms with E-state index in [4.69, 9.17) is 27.9 Å². The van der Waals surface area contributed by atoms with Gasteiger partial charge in [0, 0.05) is 23.2 Å². The highest BCUT2D eigenvalue weighted by Crippen LogP contribution is 2.36. The first kappa shape index (κ1) is 14.1. The molecule has 1 fully saturated rings. The lowest BCUT2D eigenvalue weighted by Gasteiger charge is -2.26. The van der Waals surface area contributed by atoms with Crippen LogP contribution in [0.3, 0.4) is 0 Å². The van der Waals surface area contributed by atoms with Crippen molar-refractivity contribution in [2.75, 3.05) is 14.2 Å². The summed E-state index contributed by atoms with van der Waals surface area (Å²) < 4.78 is 5.63. The summed E-state index contributed by atoms with van der Waals surface area (Å²) in [4.78, 5) is 0. The first-order valence-corrected chi connectivity index (χ1v) is 7.05. The van der Waals surface area contributed by atoms with Crippen LogP contribution >= 0.6 is 23.2 Å². The fraction of sp³-hybridized carbons (Fsp3) is 0.571. The van der Waals surface area contributed by atoms with Crippen LogP contribution in [0, 0.1) is 5.92 Å². The standard InChI is InChI=1S/C14H19Cl2NO/c1-17-13(14(18-2)9-3-4-9)8-10-7-11(15)5-6-12(10)16/h5-7,9,13-14,17H,3-4,8H2,1-2H3. The van der Waals surface area contributed by atoms with Crippen molar-refractivity contribution in [3.05, 3.63) is 33.8 Å². The molecular weight excluding hydrogens is 269 g/mol. The average molecular weight is 288 g/mol. The van der Waals surface area contributed by atoms with Crippen molar-refractivity contribution in [1.29, 1.82) is 0 Å². The molecule has 2 unspecified atom stereocenters. The van der Waals surface area contributed by atoms with E-state index in [1.807, 2.05) is 25.2 Å². The zero-order valence-corrected chi connectivity index (χ0v) is 12.3. The van der Waals surface area contributed by atoms with Gasteiger partial charge < -0.3 is 10.1 Å². The number of hydrogen-bond donors (Lipinski definition) is 1. The van der Waals surface area contributed by atoms with Crippen molar-refractivity contribution in [3.8, 4) is 0 Å². The lowest BCUT2D eigenvalue weighted by molar-refractivity contribution is 0.0534. The largest absolute Gasteiger partial charge is 0.380 e. The molecule has 4 heteroatoms. The van der Waals surface area contributed by atoms with Gasteiger partial charge in [0.25, 0.3) is 0 Å². The van der Waals surface area contributed by atoms with Gasteiger partial charge in [-0.05, 0) is 56.0 Å². The van der Waals surface area contributed by atoms with Crippen LogP contribution in [0.25, 0.3) is 0 Å². The van der Waals surface area contributed by atoms with Crippen LogP contribution in [0.5, 0.6) is 0 Å². The van der Waals surface area contributed by atoms with Gasteiger partial charge >= 0.3 is 0 Å². The van der Waals surface area contributed by atoms with E-state index in [0.29, 0.717) is 5.92 Å². The number of ether oxygens (including phenoxy) is 1. The molecule has 0 aromatic heterocycles. The smallest absolute Gasteiger partial charge is 0.0755 e. The minimum atomic E-state index is 0.255. The van der Waals surface area contributed by atoms with Crippen LogP contribution in [-0.2, 0) is 11.2 Å². The van der Waals surface area contributed by atoms with E-state index in [9.17, 15) is 0 Å². The van der Waals surface area contributed by atoms with E-state index in [1.165, 1.54) is 12.8 Å². The average Bonchev–Trinajstić information content (AvgIpc) is 3.17. The lowest BCUT2D eigenvalue weighted by Crippen LogP contribution is -2.42. The van der Waals surface area contributed by atoms with Gasteiger partial charge in [0.1, 0.15) is 0 Å². The van der Waals surface area contributed by atoms with E-state index >= 15 is 0 Å². The summed E-state index contributed by atoms with van der Waals surface area (Å²) in [6.45, 7) is 0. The second-order valence-corrected chi connectivity index (χ2v) is 5.72. The molecular formula is C14H19Cl2NO. The predicted molar refractivity (Wildman–Crippen MR) is 76.5 cm³/mol. The highest BCUT2D eigenvalue weighted by Gasteiger charge is 2.36. The van der Waals surface area contributed by atoms with Gasteiger partial charge in [0.2, 0.25) is 0 Å². The molecule has 0 heterocycles. The topological polar surface area (TPSA) is 21.3 Å². The van der Waals surface area contributed by atoms with Gasteiger partial charge in [0.15, 0.2) is 0 Å². The number of rotatable bonds is 6. The van der Waals surface area contributed by atoms with Crippen LogP contribution in [0.2, 0.25) is 10.0 Å². The Hall–Kier alpha value is -0.280. The van der Waals surface area contributed by atoms with Crippen molar-refractivity contribution < 1.29 is 4.74 Å². The van der Waals surface area contributed by atoms with E-state index in [0.717, 1.165) is 22.0 Å². The molecule has 0 radical (unpaired) electrons. The van der Waals surface area contributed by atoms with Gasteiger partial charge in [-0.1, -0.05) is 23.2 Å². The normalized spacial score (nSPS) is 18.7. The molecule has 2 atom stereocenters. The number of methoxy groups -OCH3 is 1. The molecule has 0 amide bonds. The summed E-state index contributed by atoms with van der Waals surface area (Å²) in [6, 6.07) is 5.88. The molecule has 1 aliphatic carbocycles. The Morgan fingerprint density at radius 3 is 2.67 bits per heavy atom. The molecule has 2 nitrogen and oxygen atoms in total. The Kier molecular flexibility index (Phi) is 4.91. The Morgan fingerprint density at radius 2 is 2.11 bits per heavy atom. The first-order valence-electron chi connectivity index (χ1n) is 6.29. The van der Waals surface area contributed by atoms with E-state index < -0.39 is 0 Å². The number of halogens is 2. The SMILES string of the molecule is CNC(Cc1cc(Cl)ccc1Cl)C(OC)C1CC1. The second kappa shape index (κ2) is 6.25. The molecule has 1 aliphatic rings. The van der Waals surface area contributed by atoms with Gasteiger partial charge in [-0.15, -0.1) is 0 Å². The van der Waals surface area contributed by atoms with Crippen LogP contribution in [0.1, 0.15) is 18.4 Å². The predicted octanol–water partition coefficient (Wildman–Crippen LogP) is 3.55. The highest BCUT2D eigenvalue weighted by atomic mass is 35.5. The van der Waals surface area contributed by atoms with Gasteiger partial charge in [-0.3, -0.25) is 0 Å². The summed E-state index contributed by atoms with van der Waals surface area (Å²) in [5.74, 6) is 0.686. The fourth-order valence-electron chi connectivity index (χ4n) is 2.43. The number of hydrogen-bond acceptors (Lipinski definition) is 2. The number of benzene rings is 1. The van der Waals surface area contributed by atoms with E-state index in [1.54, 1.807) is 7.11 Å². The molecule has 1 aromatic carbocycles. The summed E-state index contributed by atoms with van der Waals surface area (Å²) >= 11 is 12.2. The van der Waals surface area contributed by atoms with Gasteiger partial charge in [-0.25, -0.2) is 0 Å². The molecule has 1 N–H and O–H groups in total.